The molecule has 0 aliphatic heterocycles. The van der Waals surface area contributed by atoms with Gasteiger partial charge in [-0.15, -0.1) is 0 Å². The van der Waals surface area contributed by atoms with E-state index in [2.05, 4.69) is 26.8 Å². The fraction of sp³-hybridized carbons (Fsp3) is 0.773. The molecule has 4 nitrogen and oxygen atoms in total. The van der Waals surface area contributed by atoms with E-state index >= 15 is 0 Å². The first-order chi connectivity index (χ1) is 12.2. The molecule has 4 heteroatoms. The van der Waals surface area contributed by atoms with Crippen LogP contribution in [0.1, 0.15) is 77.0 Å². The molecule has 6 atom stereocenters. The van der Waals surface area contributed by atoms with Crippen molar-refractivity contribution in [1.29, 1.82) is 0 Å². The van der Waals surface area contributed by atoms with E-state index in [0.29, 0.717) is 24.4 Å². The van der Waals surface area contributed by atoms with Gasteiger partial charge in [0.1, 0.15) is 5.76 Å². The number of rotatable bonds is 2. The summed E-state index contributed by atoms with van der Waals surface area (Å²) < 4.78 is 11.2. The molecule has 0 amide bonds. The number of hydrogen-bond donors (Lipinski definition) is 1. The van der Waals surface area contributed by atoms with Gasteiger partial charge in [-0.3, -0.25) is 4.79 Å². The van der Waals surface area contributed by atoms with Crippen LogP contribution in [0.2, 0.25) is 0 Å². The first-order valence-corrected chi connectivity index (χ1v) is 10.1. The number of carbonyl (C=O) groups excluding carboxylic acids is 1. The van der Waals surface area contributed by atoms with E-state index in [9.17, 15) is 9.90 Å². The van der Waals surface area contributed by atoms with Crippen molar-refractivity contribution in [2.45, 2.75) is 77.7 Å². The Morgan fingerprint density at radius 3 is 2.85 bits per heavy atom. The van der Waals surface area contributed by atoms with Gasteiger partial charge in [0, 0.05) is 24.2 Å². The Labute approximate surface area is 156 Å². The summed E-state index contributed by atoms with van der Waals surface area (Å²) in [5.74, 6) is 2.32. The summed E-state index contributed by atoms with van der Waals surface area (Å²) in [6.07, 6.45) is 7.56. The second-order valence-electron chi connectivity index (χ2n) is 9.57. The Morgan fingerprint density at radius 2 is 2.12 bits per heavy atom. The Bertz CT molecular complexity index is 709. The fourth-order valence-electron chi connectivity index (χ4n) is 6.86. The van der Waals surface area contributed by atoms with Gasteiger partial charge < -0.3 is 14.3 Å². The van der Waals surface area contributed by atoms with Crippen LogP contribution >= 0.6 is 0 Å². The summed E-state index contributed by atoms with van der Waals surface area (Å²) in [6.45, 7) is 8.49. The zero-order chi connectivity index (χ0) is 18.7. The quantitative estimate of drug-likeness (QED) is 0.791. The number of esters is 1. The largest absolute Gasteiger partial charge is 0.469 e. The third-order valence-corrected chi connectivity index (χ3v) is 8.45. The van der Waals surface area contributed by atoms with E-state index in [1.54, 1.807) is 0 Å². The molecule has 1 aromatic heterocycles. The van der Waals surface area contributed by atoms with E-state index in [0.717, 1.165) is 44.3 Å². The van der Waals surface area contributed by atoms with Crippen LogP contribution in [0, 0.1) is 22.7 Å². The van der Waals surface area contributed by atoms with Crippen molar-refractivity contribution >= 4 is 5.97 Å². The topological polar surface area (TPSA) is 59.7 Å². The molecule has 0 bridgehead atoms. The maximum Gasteiger partial charge on any atom is 0.302 e. The molecule has 0 radical (unpaired) electrons. The van der Waals surface area contributed by atoms with Crippen molar-refractivity contribution in [2.24, 2.45) is 22.7 Å². The zero-order valence-corrected chi connectivity index (χ0v) is 16.5. The summed E-state index contributed by atoms with van der Waals surface area (Å²) >= 11 is 0. The van der Waals surface area contributed by atoms with Gasteiger partial charge >= 0.3 is 5.97 Å². The van der Waals surface area contributed by atoms with Crippen LogP contribution in [0.3, 0.4) is 0 Å². The SMILES string of the molecule is CC(=O)OCC1(C)CCCC2(C)C3Cc4occc4C(C)C3CCC12O. The standard InChI is InChI=1S/C22H32O4/c1-14-16-6-10-22(24)20(3,13-26-15(2)23)8-5-9-21(22,4)18(16)12-19-17(14)7-11-25-19/h7,11,14,16,18,24H,5-6,8-10,12-13H2,1-4H3. The molecule has 2 fully saturated rings. The highest BCUT2D eigenvalue weighted by Crippen LogP contribution is 2.66. The zero-order valence-electron chi connectivity index (χ0n) is 16.5. The minimum Gasteiger partial charge on any atom is -0.469 e. The monoisotopic (exact) mass is 360 g/mol. The summed E-state index contributed by atoms with van der Waals surface area (Å²) in [5, 5.41) is 12.1. The molecule has 6 unspecified atom stereocenters. The van der Waals surface area contributed by atoms with E-state index in [1.807, 2.05) is 6.26 Å². The third kappa shape index (κ3) is 2.27. The molecular weight excluding hydrogens is 328 g/mol. The van der Waals surface area contributed by atoms with Crippen LogP contribution < -0.4 is 0 Å². The van der Waals surface area contributed by atoms with Crippen LogP contribution in [0.5, 0.6) is 0 Å². The number of furan rings is 1. The average Bonchev–Trinajstić information content (AvgIpc) is 3.05. The van der Waals surface area contributed by atoms with Gasteiger partial charge in [-0.25, -0.2) is 0 Å². The Morgan fingerprint density at radius 1 is 1.35 bits per heavy atom. The normalized spacial score (nSPS) is 44.6. The van der Waals surface area contributed by atoms with Gasteiger partial charge in [-0.2, -0.15) is 0 Å². The third-order valence-electron chi connectivity index (χ3n) is 8.45. The van der Waals surface area contributed by atoms with Crippen molar-refractivity contribution in [3.63, 3.8) is 0 Å². The molecule has 0 aromatic carbocycles. The number of fused-ring (bicyclic) bond motifs is 4. The average molecular weight is 360 g/mol. The van der Waals surface area contributed by atoms with Crippen LogP contribution in [0.25, 0.3) is 0 Å². The van der Waals surface area contributed by atoms with Crippen molar-refractivity contribution < 1.29 is 19.1 Å². The molecule has 1 heterocycles. The Kier molecular flexibility index (Phi) is 4.07. The van der Waals surface area contributed by atoms with Crippen LogP contribution in [0.4, 0.5) is 0 Å². The Balaban J connectivity index is 1.72. The van der Waals surface area contributed by atoms with E-state index in [-0.39, 0.29) is 16.8 Å². The highest BCUT2D eigenvalue weighted by molar-refractivity contribution is 5.65. The maximum absolute atomic E-state index is 12.1. The van der Waals surface area contributed by atoms with Crippen molar-refractivity contribution in [1.82, 2.24) is 0 Å². The van der Waals surface area contributed by atoms with Gasteiger partial charge in [0.25, 0.3) is 0 Å². The predicted molar refractivity (Wildman–Crippen MR) is 98.7 cm³/mol. The van der Waals surface area contributed by atoms with Crippen LogP contribution in [-0.2, 0) is 16.0 Å². The van der Waals surface area contributed by atoms with Gasteiger partial charge in [0.05, 0.1) is 18.5 Å². The maximum atomic E-state index is 12.1. The van der Waals surface area contributed by atoms with Gasteiger partial charge in [-0.1, -0.05) is 27.2 Å². The van der Waals surface area contributed by atoms with E-state index in [1.165, 1.54) is 12.5 Å². The van der Waals surface area contributed by atoms with Crippen molar-refractivity contribution in [3.8, 4) is 0 Å². The first kappa shape index (κ1) is 18.1. The lowest BCUT2D eigenvalue weighted by Crippen LogP contribution is -2.68. The molecule has 0 saturated heterocycles. The van der Waals surface area contributed by atoms with Gasteiger partial charge in [0.15, 0.2) is 0 Å². The molecule has 3 aliphatic carbocycles. The molecule has 2 saturated carbocycles. The number of ether oxygens (including phenoxy) is 1. The molecular formula is C22H32O4. The minimum atomic E-state index is -0.807. The first-order valence-electron chi connectivity index (χ1n) is 10.1. The molecule has 1 aromatic rings. The lowest BCUT2D eigenvalue weighted by molar-refractivity contribution is -0.255. The minimum absolute atomic E-state index is 0.179. The van der Waals surface area contributed by atoms with Crippen LogP contribution in [-0.4, -0.2) is 23.3 Å². The van der Waals surface area contributed by atoms with E-state index in [4.69, 9.17) is 9.15 Å². The summed E-state index contributed by atoms with van der Waals surface area (Å²) in [6, 6.07) is 2.13. The molecule has 4 rings (SSSR count). The highest BCUT2D eigenvalue weighted by atomic mass is 16.5. The van der Waals surface area contributed by atoms with Crippen molar-refractivity contribution in [3.05, 3.63) is 23.7 Å². The van der Waals surface area contributed by atoms with Crippen LogP contribution in [0.15, 0.2) is 16.7 Å². The summed E-state index contributed by atoms with van der Waals surface area (Å²) in [4.78, 5) is 11.4. The van der Waals surface area contributed by atoms with Crippen molar-refractivity contribution in [2.75, 3.05) is 6.61 Å². The number of hydrogen-bond acceptors (Lipinski definition) is 4. The Hall–Kier alpha value is -1.29. The summed E-state index contributed by atoms with van der Waals surface area (Å²) in [5.41, 5.74) is -0.0112. The number of carbonyl (C=O) groups is 1. The predicted octanol–water partition coefficient (Wildman–Crippen LogP) is 4.46. The molecule has 3 aliphatic rings. The second-order valence-corrected chi connectivity index (χ2v) is 9.57. The fourth-order valence-corrected chi connectivity index (χ4v) is 6.86. The smallest absolute Gasteiger partial charge is 0.302 e. The molecule has 144 valence electrons. The molecule has 0 spiro atoms. The second kappa shape index (κ2) is 5.85. The highest BCUT2D eigenvalue weighted by Gasteiger charge is 2.66. The number of aliphatic hydroxyl groups is 1. The molecule has 26 heavy (non-hydrogen) atoms. The van der Waals surface area contributed by atoms with Gasteiger partial charge in [0.2, 0.25) is 0 Å². The lowest BCUT2D eigenvalue weighted by atomic mass is 9.41. The summed E-state index contributed by atoms with van der Waals surface area (Å²) in [7, 11) is 0. The van der Waals surface area contributed by atoms with E-state index < -0.39 is 5.60 Å². The van der Waals surface area contributed by atoms with Gasteiger partial charge in [-0.05, 0) is 55.1 Å². The molecule has 1 N–H and O–H groups in total. The lowest BCUT2D eigenvalue weighted by Gasteiger charge is -2.66.